The summed E-state index contributed by atoms with van der Waals surface area (Å²) in [6.07, 6.45) is 0. The Morgan fingerprint density at radius 2 is 1.60 bits per heavy atom. The normalized spacial score (nSPS) is 17.4. The van der Waals surface area contributed by atoms with E-state index >= 15 is 0 Å². The Bertz CT molecular complexity index is 78.8. The van der Waals surface area contributed by atoms with Gasteiger partial charge in [-0.25, -0.2) is 0 Å². The maximum absolute atomic E-state index is 3.43. The molecule has 1 N–H and O–H groups in total. The molecule has 0 saturated carbocycles. The summed E-state index contributed by atoms with van der Waals surface area (Å²) >= 11 is 0. The zero-order valence-electron chi connectivity index (χ0n) is 7.94. The van der Waals surface area contributed by atoms with Crippen LogP contribution in [0.5, 0.6) is 0 Å². The van der Waals surface area contributed by atoms with Crippen LogP contribution in [0.25, 0.3) is 0 Å². The Hall–Kier alpha value is -0.0400. The van der Waals surface area contributed by atoms with Gasteiger partial charge in [-0.1, -0.05) is 27.7 Å². The van der Waals surface area contributed by atoms with Crippen molar-refractivity contribution in [1.29, 1.82) is 0 Å². The van der Waals surface area contributed by atoms with Crippen LogP contribution >= 0.6 is 0 Å². The first kappa shape index (κ1) is 9.96. The summed E-state index contributed by atoms with van der Waals surface area (Å²) in [6.45, 7) is 12.4. The van der Waals surface area contributed by atoms with Gasteiger partial charge in [-0.2, -0.15) is 0 Å². The molecule has 0 aromatic carbocycles. The lowest BCUT2D eigenvalue weighted by Gasteiger charge is -2.23. The van der Waals surface area contributed by atoms with Crippen LogP contribution in [0.2, 0.25) is 0 Å². The van der Waals surface area contributed by atoms with Crippen molar-refractivity contribution in [2.45, 2.75) is 40.7 Å². The Labute approximate surface area is 65.2 Å². The molecule has 0 spiro atoms. The van der Waals surface area contributed by atoms with E-state index in [1.165, 1.54) is 0 Å². The zero-order chi connectivity index (χ0) is 8.15. The van der Waals surface area contributed by atoms with Crippen LogP contribution in [0.1, 0.15) is 34.6 Å². The largest absolute Gasteiger partial charge is 0.314 e. The highest BCUT2D eigenvalue weighted by molar-refractivity contribution is 4.69. The van der Waals surface area contributed by atoms with E-state index in [4.69, 9.17) is 0 Å². The average Bonchev–Trinajstić information content (AvgIpc) is 1.87. The quantitative estimate of drug-likeness (QED) is 0.636. The number of hydrogen-bond donors (Lipinski definition) is 1. The van der Waals surface area contributed by atoms with E-state index in [0.29, 0.717) is 6.04 Å². The third kappa shape index (κ3) is 3.21. The third-order valence-corrected chi connectivity index (χ3v) is 2.37. The second-order valence-corrected chi connectivity index (χ2v) is 3.45. The molecule has 10 heavy (non-hydrogen) atoms. The predicted molar refractivity (Wildman–Crippen MR) is 47.1 cm³/mol. The molecule has 2 unspecified atom stereocenters. The predicted octanol–water partition coefficient (Wildman–Crippen LogP) is 2.28. The topological polar surface area (TPSA) is 12.0 Å². The Kier molecular flexibility index (Phi) is 4.71. The first-order valence-electron chi connectivity index (χ1n) is 4.33. The standard InChI is InChI=1S/C9H21N/c1-6-10-9(5)8(4)7(2)3/h7-10H,6H2,1-5H3. The fourth-order valence-corrected chi connectivity index (χ4v) is 1.09. The molecule has 0 aromatic rings. The van der Waals surface area contributed by atoms with E-state index in [1.807, 2.05) is 0 Å². The molecule has 0 heterocycles. The minimum Gasteiger partial charge on any atom is -0.314 e. The molecule has 0 fully saturated rings. The Morgan fingerprint density at radius 1 is 1.10 bits per heavy atom. The molecule has 0 aliphatic carbocycles. The van der Waals surface area contributed by atoms with Crippen molar-refractivity contribution in [3.63, 3.8) is 0 Å². The van der Waals surface area contributed by atoms with Crippen LogP contribution in [-0.2, 0) is 0 Å². The van der Waals surface area contributed by atoms with Crippen LogP contribution in [0, 0.1) is 11.8 Å². The van der Waals surface area contributed by atoms with Gasteiger partial charge in [-0.3, -0.25) is 0 Å². The molecule has 0 aliphatic rings. The van der Waals surface area contributed by atoms with Crippen LogP contribution < -0.4 is 5.32 Å². The lowest BCUT2D eigenvalue weighted by Crippen LogP contribution is -2.34. The van der Waals surface area contributed by atoms with Crippen LogP contribution in [-0.4, -0.2) is 12.6 Å². The van der Waals surface area contributed by atoms with E-state index in [2.05, 4.69) is 39.9 Å². The molecule has 62 valence electrons. The zero-order valence-corrected chi connectivity index (χ0v) is 7.94. The van der Waals surface area contributed by atoms with Crippen LogP contribution in [0.15, 0.2) is 0 Å². The van der Waals surface area contributed by atoms with Crippen molar-refractivity contribution < 1.29 is 0 Å². The molecule has 0 aromatic heterocycles. The molecular weight excluding hydrogens is 122 g/mol. The molecule has 1 nitrogen and oxygen atoms in total. The summed E-state index contributed by atoms with van der Waals surface area (Å²) in [5, 5.41) is 3.43. The summed E-state index contributed by atoms with van der Waals surface area (Å²) in [5.41, 5.74) is 0. The van der Waals surface area contributed by atoms with Crippen molar-refractivity contribution in [2.75, 3.05) is 6.54 Å². The van der Waals surface area contributed by atoms with Crippen LogP contribution in [0.3, 0.4) is 0 Å². The third-order valence-electron chi connectivity index (χ3n) is 2.37. The SMILES string of the molecule is CCNC(C)C(C)C(C)C. The summed E-state index contributed by atoms with van der Waals surface area (Å²) < 4.78 is 0. The van der Waals surface area contributed by atoms with Gasteiger partial charge in [0, 0.05) is 6.04 Å². The van der Waals surface area contributed by atoms with E-state index in [1.54, 1.807) is 0 Å². The average molecular weight is 143 g/mol. The Morgan fingerprint density at radius 3 is 1.90 bits per heavy atom. The molecule has 1 heteroatoms. The molecule has 0 bridgehead atoms. The van der Waals surface area contributed by atoms with Crippen LogP contribution in [0.4, 0.5) is 0 Å². The van der Waals surface area contributed by atoms with Gasteiger partial charge >= 0.3 is 0 Å². The molecule has 0 amide bonds. The monoisotopic (exact) mass is 143 g/mol. The second kappa shape index (κ2) is 4.73. The maximum atomic E-state index is 3.43. The molecule has 0 radical (unpaired) electrons. The van der Waals surface area contributed by atoms with Gasteiger partial charge in [-0.15, -0.1) is 0 Å². The van der Waals surface area contributed by atoms with E-state index in [-0.39, 0.29) is 0 Å². The second-order valence-electron chi connectivity index (χ2n) is 3.45. The van der Waals surface area contributed by atoms with Gasteiger partial charge in [-0.05, 0) is 25.3 Å². The summed E-state index contributed by atoms with van der Waals surface area (Å²) in [6, 6.07) is 0.657. The minimum atomic E-state index is 0.657. The van der Waals surface area contributed by atoms with Crippen molar-refractivity contribution in [3.8, 4) is 0 Å². The molecule has 0 rings (SSSR count). The lowest BCUT2D eigenvalue weighted by molar-refractivity contribution is 0.319. The summed E-state index contributed by atoms with van der Waals surface area (Å²) in [5.74, 6) is 1.56. The van der Waals surface area contributed by atoms with Gasteiger partial charge < -0.3 is 5.32 Å². The summed E-state index contributed by atoms with van der Waals surface area (Å²) in [7, 11) is 0. The van der Waals surface area contributed by atoms with Crippen molar-refractivity contribution in [2.24, 2.45) is 11.8 Å². The highest BCUT2D eigenvalue weighted by Gasteiger charge is 2.13. The fourth-order valence-electron chi connectivity index (χ4n) is 1.09. The highest BCUT2D eigenvalue weighted by atomic mass is 14.9. The van der Waals surface area contributed by atoms with Crippen molar-refractivity contribution in [1.82, 2.24) is 5.32 Å². The highest BCUT2D eigenvalue weighted by Crippen LogP contribution is 2.13. The minimum absolute atomic E-state index is 0.657. The Balaban J connectivity index is 3.58. The van der Waals surface area contributed by atoms with E-state index in [0.717, 1.165) is 18.4 Å². The summed E-state index contributed by atoms with van der Waals surface area (Å²) in [4.78, 5) is 0. The van der Waals surface area contributed by atoms with Crippen molar-refractivity contribution in [3.05, 3.63) is 0 Å². The number of rotatable bonds is 4. The van der Waals surface area contributed by atoms with E-state index < -0.39 is 0 Å². The molecule has 2 atom stereocenters. The van der Waals surface area contributed by atoms with Gasteiger partial charge in [0.05, 0.1) is 0 Å². The van der Waals surface area contributed by atoms with Gasteiger partial charge in [0.1, 0.15) is 0 Å². The number of nitrogens with one attached hydrogen (secondary N) is 1. The number of hydrogen-bond acceptors (Lipinski definition) is 1. The van der Waals surface area contributed by atoms with Gasteiger partial charge in [0.25, 0.3) is 0 Å². The smallest absolute Gasteiger partial charge is 0.00666 e. The molecule has 0 saturated heterocycles. The lowest BCUT2D eigenvalue weighted by atomic mass is 9.91. The fraction of sp³-hybridized carbons (Fsp3) is 1.00. The van der Waals surface area contributed by atoms with Gasteiger partial charge in [0.15, 0.2) is 0 Å². The molecular formula is C9H21N. The van der Waals surface area contributed by atoms with Crippen molar-refractivity contribution >= 4 is 0 Å². The molecule has 0 aliphatic heterocycles. The first-order valence-corrected chi connectivity index (χ1v) is 4.33. The van der Waals surface area contributed by atoms with E-state index in [9.17, 15) is 0 Å². The van der Waals surface area contributed by atoms with Gasteiger partial charge in [0.2, 0.25) is 0 Å². The first-order chi connectivity index (χ1) is 4.59. The maximum Gasteiger partial charge on any atom is 0.00666 e.